The molecule has 2 aromatic rings. The molecule has 0 saturated carbocycles. The third-order valence-electron chi connectivity index (χ3n) is 3.05. The van der Waals surface area contributed by atoms with Gasteiger partial charge < -0.3 is 15.8 Å². The number of methoxy groups -OCH3 is 1. The van der Waals surface area contributed by atoms with E-state index >= 15 is 0 Å². The Hall–Kier alpha value is -2.96. The van der Waals surface area contributed by atoms with Gasteiger partial charge in [0.05, 0.1) is 19.6 Å². The molecule has 7 heteroatoms. The summed E-state index contributed by atoms with van der Waals surface area (Å²) in [6.07, 6.45) is 1.48. The summed E-state index contributed by atoms with van der Waals surface area (Å²) in [4.78, 5) is 23.7. The van der Waals surface area contributed by atoms with Gasteiger partial charge in [-0.1, -0.05) is 12.1 Å². The second kappa shape index (κ2) is 7.16. The van der Waals surface area contributed by atoms with E-state index in [0.717, 1.165) is 5.56 Å². The zero-order valence-electron chi connectivity index (χ0n) is 12.0. The molecule has 0 aliphatic carbocycles. The molecule has 7 nitrogen and oxygen atoms in total. The van der Waals surface area contributed by atoms with Gasteiger partial charge in [0.15, 0.2) is 5.69 Å². The van der Waals surface area contributed by atoms with Gasteiger partial charge in [0.25, 0.3) is 5.91 Å². The number of nitrogens with zero attached hydrogens (tertiary/aromatic N) is 2. The highest BCUT2D eigenvalue weighted by atomic mass is 16.5. The number of benzene rings is 1. The Morgan fingerprint density at radius 2 is 2.00 bits per heavy atom. The first-order chi connectivity index (χ1) is 10.6. The highest BCUT2D eigenvalue weighted by Gasteiger charge is 2.20. The second-order valence-corrected chi connectivity index (χ2v) is 4.58. The predicted octanol–water partition coefficient (Wildman–Crippen LogP) is 1.09. The molecule has 0 spiro atoms. The molecule has 0 saturated heterocycles. The summed E-state index contributed by atoms with van der Waals surface area (Å²) in [6, 6.07) is 9.52. The first-order valence-corrected chi connectivity index (χ1v) is 6.61. The Morgan fingerprint density at radius 3 is 2.59 bits per heavy atom. The van der Waals surface area contributed by atoms with E-state index in [9.17, 15) is 9.59 Å². The van der Waals surface area contributed by atoms with Crippen molar-refractivity contribution in [2.24, 2.45) is 0 Å². The van der Waals surface area contributed by atoms with Gasteiger partial charge in [-0.05, 0) is 29.8 Å². The quantitative estimate of drug-likeness (QED) is 0.632. The summed E-state index contributed by atoms with van der Waals surface area (Å²) in [5, 5.41) is 10.1. The van der Waals surface area contributed by atoms with Crippen LogP contribution in [0.25, 0.3) is 0 Å². The zero-order chi connectivity index (χ0) is 15.9. The third kappa shape index (κ3) is 4.02. The standard InChI is InChI=1S/C15H16N4O3/c1-22-14(20)9-13(10-4-6-11(16)7-5-10)18-15(21)12-3-2-8-17-19-12/h2-8,13H,9,16H2,1H3,(H,18,21). The number of carbonyl (C=O) groups excluding carboxylic acids is 2. The Labute approximate surface area is 127 Å². The Kier molecular flexibility index (Phi) is 5.02. The van der Waals surface area contributed by atoms with Gasteiger partial charge in [0.2, 0.25) is 0 Å². The van der Waals surface area contributed by atoms with Crippen molar-refractivity contribution in [2.45, 2.75) is 12.5 Å². The minimum Gasteiger partial charge on any atom is -0.469 e. The highest BCUT2D eigenvalue weighted by Crippen LogP contribution is 2.19. The van der Waals surface area contributed by atoms with E-state index < -0.39 is 17.9 Å². The van der Waals surface area contributed by atoms with E-state index in [2.05, 4.69) is 20.3 Å². The number of hydrogen-bond donors (Lipinski definition) is 2. The van der Waals surface area contributed by atoms with Gasteiger partial charge in [-0.15, -0.1) is 5.10 Å². The van der Waals surface area contributed by atoms with Crippen LogP contribution in [0, 0.1) is 0 Å². The second-order valence-electron chi connectivity index (χ2n) is 4.58. The predicted molar refractivity (Wildman–Crippen MR) is 79.7 cm³/mol. The number of ether oxygens (including phenoxy) is 1. The lowest BCUT2D eigenvalue weighted by atomic mass is 10.0. The Balaban J connectivity index is 2.19. The summed E-state index contributed by atoms with van der Waals surface area (Å²) in [5.41, 5.74) is 7.17. The minimum atomic E-state index is -0.539. The molecular weight excluding hydrogens is 284 g/mol. The fourth-order valence-electron chi connectivity index (χ4n) is 1.89. The van der Waals surface area contributed by atoms with Crippen LogP contribution in [0.5, 0.6) is 0 Å². The minimum absolute atomic E-state index is 0.00637. The number of nitrogens with one attached hydrogen (secondary N) is 1. The molecule has 1 aromatic heterocycles. The third-order valence-corrected chi connectivity index (χ3v) is 3.05. The van der Waals surface area contributed by atoms with Gasteiger partial charge in [-0.25, -0.2) is 0 Å². The first kappa shape index (κ1) is 15.4. The summed E-state index contributed by atoms with van der Waals surface area (Å²) in [6.45, 7) is 0. The smallest absolute Gasteiger partial charge is 0.307 e. The molecule has 1 atom stereocenters. The van der Waals surface area contributed by atoms with Crippen molar-refractivity contribution >= 4 is 17.6 Å². The van der Waals surface area contributed by atoms with E-state index in [1.54, 1.807) is 36.4 Å². The zero-order valence-corrected chi connectivity index (χ0v) is 12.0. The Bertz CT molecular complexity index is 644. The van der Waals surface area contributed by atoms with E-state index in [4.69, 9.17) is 5.73 Å². The molecule has 0 radical (unpaired) electrons. The number of anilines is 1. The number of nitrogens with two attached hydrogens (primary N) is 1. The molecule has 1 amide bonds. The van der Waals surface area contributed by atoms with Crippen LogP contribution in [0.1, 0.15) is 28.5 Å². The highest BCUT2D eigenvalue weighted by molar-refractivity contribution is 5.92. The van der Waals surface area contributed by atoms with Crippen LogP contribution < -0.4 is 11.1 Å². The number of aromatic nitrogens is 2. The van der Waals surface area contributed by atoms with Crippen LogP contribution in [0.2, 0.25) is 0 Å². The van der Waals surface area contributed by atoms with Crippen LogP contribution in [-0.2, 0) is 9.53 Å². The molecule has 2 rings (SSSR count). The molecule has 1 aromatic carbocycles. The number of rotatable bonds is 5. The average Bonchev–Trinajstić information content (AvgIpc) is 2.55. The van der Waals surface area contributed by atoms with Crippen molar-refractivity contribution in [1.29, 1.82) is 0 Å². The lowest BCUT2D eigenvalue weighted by Gasteiger charge is -2.18. The molecule has 0 aliphatic heterocycles. The molecule has 22 heavy (non-hydrogen) atoms. The average molecular weight is 300 g/mol. The van der Waals surface area contributed by atoms with Crippen LogP contribution >= 0.6 is 0 Å². The number of amides is 1. The normalized spacial score (nSPS) is 11.5. The number of carbonyl (C=O) groups is 2. The number of esters is 1. The largest absolute Gasteiger partial charge is 0.469 e. The molecule has 3 N–H and O–H groups in total. The first-order valence-electron chi connectivity index (χ1n) is 6.61. The van der Waals surface area contributed by atoms with Crippen molar-refractivity contribution < 1.29 is 14.3 Å². The SMILES string of the molecule is COC(=O)CC(NC(=O)c1cccnn1)c1ccc(N)cc1. The summed E-state index contributed by atoms with van der Waals surface area (Å²) < 4.78 is 4.67. The summed E-state index contributed by atoms with van der Waals surface area (Å²) in [7, 11) is 1.30. The molecule has 114 valence electrons. The molecule has 0 aliphatic rings. The maximum Gasteiger partial charge on any atom is 0.307 e. The molecule has 1 heterocycles. The van der Waals surface area contributed by atoms with Crippen molar-refractivity contribution in [3.8, 4) is 0 Å². The molecule has 1 unspecified atom stereocenters. The van der Waals surface area contributed by atoms with Crippen molar-refractivity contribution in [1.82, 2.24) is 15.5 Å². The fourth-order valence-corrected chi connectivity index (χ4v) is 1.89. The number of nitrogen functional groups attached to an aromatic ring is 1. The maximum atomic E-state index is 12.2. The van der Waals surface area contributed by atoms with Gasteiger partial charge in [-0.3, -0.25) is 9.59 Å². The van der Waals surface area contributed by atoms with Crippen LogP contribution in [0.4, 0.5) is 5.69 Å². The van der Waals surface area contributed by atoms with Crippen molar-refractivity contribution in [2.75, 3.05) is 12.8 Å². The monoisotopic (exact) mass is 300 g/mol. The fraction of sp³-hybridized carbons (Fsp3) is 0.200. The van der Waals surface area contributed by atoms with Gasteiger partial charge >= 0.3 is 5.97 Å². The van der Waals surface area contributed by atoms with E-state index in [1.807, 2.05) is 0 Å². The lowest BCUT2D eigenvalue weighted by Crippen LogP contribution is -2.31. The lowest BCUT2D eigenvalue weighted by molar-refractivity contribution is -0.141. The summed E-state index contributed by atoms with van der Waals surface area (Å²) >= 11 is 0. The van der Waals surface area contributed by atoms with Gasteiger partial charge in [0, 0.05) is 11.9 Å². The van der Waals surface area contributed by atoms with Gasteiger partial charge in [0.1, 0.15) is 0 Å². The van der Waals surface area contributed by atoms with E-state index in [0.29, 0.717) is 5.69 Å². The van der Waals surface area contributed by atoms with Crippen molar-refractivity contribution in [3.05, 3.63) is 53.9 Å². The van der Waals surface area contributed by atoms with Crippen LogP contribution in [0.3, 0.4) is 0 Å². The van der Waals surface area contributed by atoms with Crippen LogP contribution in [0.15, 0.2) is 42.6 Å². The van der Waals surface area contributed by atoms with Crippen LogP contribution in [-0.4, -0.2) is 29.2 Å². The molecular formula is C15H16N4O3. The molecule has 0 fully saturated rings. The maximum absolute atomic E-state index is 12.2. The van der Waals surface area contributed by atoms with E-state index in [-0.39, 0.29) is 12.1 Å². The van der Waals surface area contributed by atoms with Gasteiger partial charge in [-0.2, -0.15) is 5.10 Å². The molecule has 0 bridgehead atoms. The summed E-state index contributed by atoms with van der Waals surface area (Å²) in [5.74, 6) is -0.847. The Morgan fingerprint density at radius 1 is 1.27 bits per heavy atom. The van der Waals surface area contributed by atoms with Crippen molar-refractivity contribution in [3.63, 3.8) is 0 Å². The number of hydrogen-bond acceptors (Lipinski definition) is 6. The van der Waals surface area contributed by atoms with E-state index in [1.165, 1.54) is 13.3 Å². The topological polar surface area (TPSA) is 107 Å².